The Kier molecular flexibility index (Phi) is 5.21. The van der Waals surface area contributed by atoms with Crippen molar-refractivity contribution in [2.45, 2.75) is 19.5 Å². The Hall–Kier alpha value is -4.18. The van der Waals surface area contributed by atoms with Crippen molar-refractivity contribution in [2.24, 2.45) is 11.7 Å². The van der Waals surface area contributed by atoms with Crippen LogP contribution in [-0.2, 0) is 19.5 Å². The van der Waals surface area contributed by atoms with Crippen LogP contribution in [0.3, 0.4) is 0 Å². The number of nitrogens with two attached hydrogens (primary N) is 1. The Labute approximate surface area is 217 Å². The molecule has 0 fully saturated rings. The molecule has 180 valence electrons. The molecule has 0 bridgehead atoms. The Morgan fingerprint density at radius 3 is 2.49 bits per heavy atom. The number of quaternary nitrogens is 1. The summed E-state index contributed by atoms with van der Waals surface area (Å²) in [5.74, 6) is 0.407. The van der Waals surface area contributed by atoms with E-state index >= 15 is 0 Å². The average Bonchev–Trinajstić information content (AvgIpc) is 3.27. The topological polar surface area (TPSA) is 58.6 Å². The first-order chi connectivity index (χ1) is 18.3. The number of rotatable bonds is 4. The Balaban J connectivity index is 1.50. The number of nitrogens with zero attached hydrogens (tertiary/aromatic N) is 1. The Morgan fingerprint density at radius 2 is 1.62 bits per heavy atom. The summed E-state index contributed by atoms with van der Waals surface area (Å²) in [6.45, 7) is 1.15. The smallest absolute Gasteiger partial charge is 0.101 e. The van der Waals surface area contributed by atoms with Crippen molar-refractivity contribution in [3.8, 4) is 16.8 Å². The molecule has 3 heteroatoms. The van der Waals surface area contributed by atoms with Crippen molar-refractivity contribution in [1.29, 1.82) is 0 Å². The van der Waals surface area contributed by atoms with E-state index in [0.717, 1.165) is 6.42 Å². The van der Waals surface area contributed by atoms with E-state index in [1.54, 1.807) is 0 Å². The number of fused-ring (bicyclic) bond motifs is 5. The van der Waals surface area contributed by atoms with Crippen LogP contribution in [0.4, 0.5) is 0 Å². The third-order valence-corrected chi connectivity index (χ3v) is 8.09. The minimum atomic E-state index is 0.407. The third kappa shape index (κ3) is 3.36. The molecule has 0 saturated heterocycles. The van der Waals surface area contributed by atoms with Gasteiger partial charge in [0.25, 0.3) is 0 Å². The second-order valence-corrected chi connectivity index (χ2v) is 9.98. The largest absolute Gasteiger partial charge is 0.354 e. The summed E-state index contributed by atoms with van der Waals surface area (Å²) in [5.41, 5.74) is 22.3. The zero-order valence-corrected chi connectivity index (χ0v) is 20.8. The lowest BCUT2D eigenvalue weighted by Gasteiger charge is -2.25. The molecule has 2 aliphatic carbocycles. The molecule has 0 amide bonds. The second-order valence-electron chi connectivity index (χ2n) is 9.98. The van der Waals surface area contributed by atoms with E-state index in [-0.39, 0.29) is 0 Å². The van der Waals surface area contributed by atoms with Gasteiger partial charge < -0.3 is 16.0 Å². The lowest BCUT2D eigenvalue weighted by atomic mass is 9.83. The highest BCUT2D eigenvalue weighted by Crippen LogP contribution is 2.41. The van der Waals surface area contributed by atoms with Crippen molar-refractivity contribution in [3.63, 3.8) is 0 Å². The monoisotopic (exact) mass is 480 g/mol. The molecule has 7 rings (SSSR count). The fourth-order valence-electron chi connectivity index (χ4n) is 6.39. The summed E-state index contributed by atoms with van der Waals surface area (Å²) in [4.78, 5) is 0. The van der Waals surface area contributed by atoms with Gasteiger partial charge in [-0.25, -0.2) is 0 Å². The average molecular weight is 481 g/mol. The number of hydrogen-bond acceptors (Lipinski definition) is 1. The molecule has 2 aliphatic rings. The molecule has 0 spiro atoms. The normalized spacial score (nSPS) is 16.2. The first kappa shape index (κ1) is 22.1. The molecular weight excluding hydrogens is 450 g/mol. The molecule has 5 N–H and O–H groups in total. The quantitative estimate of drug-likeness (QED) is 0.310. The van der Waals surface area contributed by atoms with Gasteiger partial charge in [-0.3, -0.25) is 0 Å². The van der Waals surface area contributed by atoms with Crippen LogP contribution in [0.25, 0.3) is 44.6 Å². The molecule has 1 unspecified atom stereocenters. The van der Waals surface area contributed by atoms with Crippen LogP contribution < -0.4 is 11.5 Å². The second kappa shape index (κ2) is 8.74. The van der Waals surface area contributed by atoms with Gasteiger partial charge in [-0.2, -0.15) is 0 Å². The zero-order chi connectivity index (χ0) is 24.9. The van der Waals surface area contributed by atoms with Crippen LogP contribution in [0.2, 0.25) is 0 Å². The Bertz CT molecular complexity index is 1780. The SMILES string of the molecule is NCc1c(-n2c3c(c4ccccc42)C=C2C=CC=CC2C3)ccc(-c2cccc3ccccc23)c1C[NH3+]. The predicted octanol–water partition coefficient (Wildman–Crippen LogP) is 6.33. The van der Waals surface area contributed by atoms with E-state index in [1.807, 2.05) is 0 Å². The van der Waals surface area contributed by atoms with Crippen molar-refractivity contribution in [1.82, 2.24) is 4.57 Å². The summed E-state index contributed by atoms with van der Waals surface area (Å²) in [5, 5.41) is 3.80. The number of hydrogen-bond donors (Lipinski definition) is 2. The van der Waals surface area contributed by atoms with Gasteiger partial charge in [0.1, 0.15) is 6.54 Å². The van der Waals surface area contributed by atoms with E-state index < -0.39 is 0 Å². The zero-order valence-electron chi connectivity index (χ0n) is 20.8. The third-order valence-electron chi connectivity index (χ3n) is 8.09. The van der Waals surface area contributed by atoms with Gasteiger partial charge in [0, 0.05) is 34.7 Å². The maximum atomic E-state index is 6.55. The van der Waals surface area contributed by atoms with Crippen molar-refractivity contribution in [3.05, 3.63) is 131 Å². The van der Waals surface area contributed by atoms with Gasteiger partial charge in [-0.05, 0) is 57.7 Å². The Morgan fingerprint density at radius 1 is 0.811 bits per heavy atom. The van der Waals surface area contributed by atoms with Crippen LogP contribution in [0, 0.1) is 5.92 Å². The van der Waals surface area contributed by atoms with E-state index in [2.05, 4.69) is 120 Å². The van der Waals surface area contributed by atoms with Gasteiger partial charge in [-0.15, -0.1) is 0 Å². The first-order valence-electron chi connectivity index (χ1n) is 13.1. The molecule has 1 heterocycles. The van der Waals surface area contributed by atoms with Crippen LogP contribution in [0.15, 0.2) is 109 Å². The van der Waals surface area contributed by atoms with E-state index in [4.69, 9.17) is 5.73 Å². The first-order valence-corrected chi connectivity index (χ1v) is 13.1. The molecule has 5 aromatic rings. The highest BCUT2D eigenvalue weighted by molar-refractivity contribution is 5.98. The van der Waals surface area contributed by atoms with Gasteiger partial charge in [0.15, 0.2) is 0 Å². The van der Waals surface area contributed by atoms with Crippen molar-refractivity contribution in [2.75, 3.05) is 0 Å². The standard InChI is InChI=1S/C34H29N3/c35-20-30-27(26-14-7-11-22-8-3-4-12-25(22)26)16-17-33(31(30)21-36)37-32-15-6-5-13-28(32)29-18-23-9-1-2-10-24(23)19-34(29)37/h1-18,24H,19-21,35-36H2/p+1. The van der Waals surface area contributed by atoms with Gasteiger partial charge in [-0.1, -0.05) is 91.0 Å². The summed E-state index contributed by atoms with van der Waals surface area (Å²) in [7, 11) is 0. The summed E-state index contributed by atoms with van der Waals surface area (Å²) in [6, 6.07) is 28.5. The number of aromatic nitrogens is 1. The van der Waals surface area contributed by atoms with Crippen LogP contribution in [0.5, 0.6) is 0 Å². The van der Waals surface area contributed by atoms with E-state index in [1.165, 1.54) is 66.4 Å². The number of para-hydroxylation sites is 1. The highest BCUT2D eigenvalue weighted by Gasteiger charge is 2.27. The molecule has 37 heavy (non-hydrogen) atoms. The van der Waals surface area contributed by atoms with Crippen LogP contribution >= 0.6 is 0 Å². The van der Waals surface area contributed by atoms with Crippen LogP contribution in [-0.4, -0.2) is 4.57 Å². The molecule has 0 radical (unpaired) electrons. The maximum absolute atomic E-state index is 6.55. The van der Waals surface area contributed by atoms with E-state index in [9.17, 15) is 0 Å². The van der Waals surface area contributed by atoms with Gasteiger partial charge in [0.2, 0.25) is 0 Å². The van der Waals surface area contributed by atoms with Crippen molar-refractivity contribution < 1.29 is 5.73 Å². The lowest BCUT2D eigenvalue weighted by Crippen LogP contribution is -2.48. The van der Waals surface area contributed by atoms with Gasteiger partial charge in [0.05, 0.1) is 11.2 Å². The number of benzene rings is 4. The summed E-state index contributed by atoms with van der Waals surface area (Å²) < 4.78 is 2.47. The summed E-state index contributed by atoms with van der Waals surface area (Å²) in [6.07, 6.45) is 12.3. The predicted molar refractivity (Wildman–Crippen MR) is 154 cm³/mol. The lowest BCUT2D eigenvalue weighted by molar-refractivity contribution is -0.386. The minimum absolute atomic E-state index is 0.407. The summed E-state index contributed by atoms with van der Waals surface area (Å²) >= 11 is 0. The van der Waals surface area contributed by atoms with Crippen molar-refractivity contribution >= 4 is 27.8 Å². The molecule has 3 nitrogen and oxygen atoms in total. The maximum Gasteiger partial charge on any atom is 0.101 e. The molecule has 0 saturated carbocycles. The fraction of sp³-hybridized carbons (Fsp3) is 0.118. The number of allylic oxidation sites excluding steroid dienone is 5. The molecule has 0 aliphatic heterocycles. The fourth-order valence-corrected chi connectivity index (χ4v) is 6.39. The molecule has 1 atom stereocenters. The van der Waals surface area contributed by atoms with Crippen LogP contribution in [0.1, 0.15) is 22.4 Å². The van der Waals surface area contributed by atoms with E-state index in [0.29, 0.717) is 19.0 Å². The highest BCUT2D eigenvalue weighted by atomic mass is 15.0. The molecular formula is C34H30N3+. The molecule has 1 aromatic heterocycles. The minimum Gasteiger partial charge on any atom is -0.354 e. The van der Waals surface area contributed by atoms with Gasteiger partial charge >= 0.3 is 0 Å². The molecule has 4 aromatic carbocycles.